The van der Waals surface area contributed by atoms with E-state index in [-0.39, 0.29) is 11.9 Å². The van der Waals surface area contributed by atoms with Gasteiger partial charge in [0.05, 0.1) is 18.2 Å². The summed E-state index contributed by atoms with van der Waals surface area (Å²) in [6.07, 6.45) is 9.55. The first kappa shape index (κ1) is 13.4. The van der Waals surface area contributed by atoms with Crippen LogP contribution < -0.4 is 0 Å². The second-order valence-electron chi connectivity index (χ2n) is 5.51. The van der Waals surface area contributed by atoms with Crippen LogP contribution in [0.25, 0.3) is 4.96 Å². The molecule has 1 aliphatic rings. The SMILES string of the molecule is O=C(Cc1cn2ccsc2n1)N1CCCC(n2cncn2)C1. The van der Waals surface area contributed by atoms with Crippen molar-refractivity contribution in [3.63, 3.8) is 0 Å². The normalized spacial score (nSPS) is 18.9. The Morgan fingerprint density at radius 3 is 3.23 bits per heavy atom. The zero-order valence-electron chi connectivity index (χ0n) is 12.0. The molecule has 1 atom stereocenters. The monoisotopic (exact) mass is 316 g/mol. The van der Waals surface area contributed by atoms with Crippen LogP contribution in [0.1, 0.15) is 24.6 Å². The Balaban J connectivity index is 1.44. The lowest BCUT2D eigenvalue weighted by molar-refractivity contribution is -0.132. The van der Waals surface area contributed by atoms with Crippen LogP contribution >= 0.6 is 11.3 Å². The summed E-state index contributed by atoms with van der Waals surface area (Å²) < 4.78 is 3.81. The topological polar surface area (TPSA) is 68.3 Å². The fraction of sp³-hybridized carbons (Fsp3) is 0.429. The summed E-state index contributed by atoms with van der Waals surface area (Å²) in [4.78, 5) is 23.8. The Kier molecular flexibility index (Phi) is 3.38. The minimum atomic E-state index is 0.135. The first-order valence-corrected chi connectivity index (χ1v) is 8.20. The van der Waals surface area contributed by atoms with Crippen molar-refractivity contribution in [2.24, 2.45) is 0 Å². The minimum Gasteiger partial charge on any atom is -0.340 e. The number of carbonyl (C=O) groups excluding carboxylic acids is 1. The van der Waals surface area contributed by atoms with Gasteiger partial charge in [-0.1, -0.05) is 0 Å². The summed E-state index contributed by atoms with van der Waals surface area (Å²) >= 11 is 1.58. The maximum absolute atomic E-state index is 12.5. The molecule has 7 nitrogen and oxygen atoms in total. The molecule has 4 rings (SSSR count). The zero-order valence-corrected chi connectivity index (χ0v) is 12.8. The van der Waals surface area contributed by atoms with Crippen molar-refractivity contribution in [3.8, 4) is 0 Å². The molecule has 1 saturated heterocycles. The lowest BCUT2D eigenvalue weighted by Gasteiger charge is -2.32. The largest absolute Gasteiger partial charge is 0.340 e. The number of rotatable bonds is 3. The van der Waals surface area contributed by atoms with Gasteiger partial charge in [-0.2, -0.15) is 5.10 Å². The molecule has 0 N–H and O–H groups in total. The van der Waals surface area contributed by atoms with Crippen LogP contribution in [0.2, 0.25) is 0 Å². The fourth-order valence-electron chi connectivity index (χ4n) is 2.93. The van der Waals surface area contributed by atoms with Crippen LogP contribution in [0.4, 0.5) is 0 Å². The third-order valence-corrected chi connectivity index (χ3v) is 4.81. The van der Waals surface area contributed by atoms with Crippen LogP contribution in [0, 0.1) is 0 Å². The van der Waals surface area contributed by atoms with Crippen LogP contribution in [0.3, 0.4) is 0 Å². The van der Waals surface area contributed by atoms with Gasteiger partial charge in [-0.3, -0.25) is 9.20 Å². The van der Waals surface area contributed by atoms with Gasteiger partial charge in [-0.05, 0) is 12.8 Å². The van der Waals surface area contributed by atoms with E-state index in [1.54, 1.807) is 24.0 Å². The molecule has 1 amide bonds. The number of thiazole rings is 1. The molecule has 114 valence electrons. The van der Waals surface area contributed by atoms with E-state index in [9.17, 15) is 4.79 Å². The van der Waals surface area contributed by atoms with E-state index in [4.69, 9.17) is 0 Å². The van der Waals surface area contributed by atoms with E-state index in [0.717, 1.165) is 30.0 Å². The van der Waals surface area contributed by atoms with Gasteiger partial charge in [-0.25, -0.2) is 14.6 Å². The van der Waals surface area contributed by atoms with Crippen LogP contribution in [0.5, 0.6) is 0 Å². The van der Waals surface area contributed by atoms with E-state index in [1.807, 2.05) is 31.8 Å². The molecule has 0 aliphatic carbocycles. The van der Waals surface area contributed by atoms with Gasteiger partial charge in [0.2, 0.25) is 5.91 Å². The molecular formula is C14H16N6OS. The third kappa shape index (κ3) is 2.50. The van der Waals surface area contributed by atoms with Crippen molar-refractivity contribution >= 4 is 22.2 Å². The summed E-state index contributed by atoms with van der Waals surface area (Å²) in [5.41, 5.74) is 0.833. The van der Waals surface area contributed by atoms with Crippen molar-refractivity contribution < 1.29 is 4.79 Å². The number of nitrogens with zero attached hydrogens (tertiary/aromatic N) is 6. The average Bonchev–Trinajstić information content (AvgIpc) is 3.24. The number of aromatic nitrogens is 5. The molecule has 3 aromatic rings. The number of hydrogen-bond acceptors (Lipinski definition) is 5. The number of fused-ring (bicyclic) bond motifs is 1. The molecule has 1 unspecified atom stereocenters. The average molecular weight is 316 g/mol. The molecule has 0 radical (unpaired) electrons. The van der Waals surface area contributed by atoms with Crippen LogP contribution in [-0.4, -0.2) is 48.0 Å². The molecule has 0 spiro atoms. The van der Waals surface area contributed by atoms with Gasteiger partial charge in [0, 0.05) is 30.9 Å². The highest BCUT2D eigenvalue weighted by atomic mass is 32.1. The number of likely N-dealkylation sites (tertiary alicyclic amines) is 1. The second-order valence-corrected chi connectivity index (χ2v) is 6.39. The summed E-state index contributed by atoms with van der Waals surface area (Å²) in [6.45, 7) is 1.51. The predicted molar refractivity (Wildman–Crippen MR) is 81.6 cm³/mol. The summed E-state index contributed by atoms with van der Waals surface area (Å²) in [5, 5.41) is 6.18. The zero-order chi connectivity index (χ0) is 14.9. The molecule has 4 heterocycles. The molecule has 22 heavy (non-hydrogen) atoms. The quantitative estimate of drug-likeness (QED) is 0.732. The van der Waals surface area contributed by atoms with E-state index in [2.05, 4.69) is 15.1 Å². The Bertz CT molecular complexity index is 748. The molecule has 3 aromatic heterocycles. The maximum Gasteiger partial charge on any atom is 0.228 e. The summed E-state index contributed by atoms with van der Waals surface area (Å²) in [7, 11) is 0. The van der Waals surface area contributed by atoms with E-state index < -0.39 is 0 Å². The van der Waals surface area contributed by atoms with Gasteiger partial charge < -0.3 is 4.90 Å². The van der Waals surface area contributed by atoms with E-state index in [0.29, 0.717) is 13.0 Å². The van der Waals surface area contributed by atoms with Crippen molar-refractivity contribution in [2.45, 2.75) is 25.3 Å². The standard InChI is InChI=1S/C14H16N6OS/c21-13(6-11-7-19-4-5-22-14(19)17-11)18-3-1-2-12(8-18)20-10-15-9-16-20/h4-5,7,9-10,12H,1-3,6,8H2. The third-order valence-electron chi connectivity index (χ3n) is 4.04. The molecule has 8 heteroatoms. The number of carbonyl (C=O) groups is 1. The molecule has 0 saturated carbocycles. The lowest BCUT2D eigenvalue weighted by atomic mass is 10.1. The Morgan fingerprint density at radius 2 is 2.41 bits per heavy atom. The number of piperidine rings is 1. The Labute approximate surface area is 131 Å². The summed E-state index contributed by atoms with van der Waals surface area (Å²) in [6, 6.07) is 0.227. The highest BCUT2D eigenvalue weighted by molar-refractivity contribution is 7.15. The second kappa shape index (κ2) is 5.53. The van der Waals surface area contributed by atoms with Crippen molar-refractivity contribution in [1.82, 2.24) is 29.0 Å². The Morgan fingerprint density at radius 1 is 1.45 bits per heavy atom. The lowest BCUT2D eigenvalue weighted by Crippen LogP contribution is -2.41. The van der Waals surface area contributed by atoms with Crippen molar-refractivity contribution in [2.75, 3.05) is 13.1 Å². The minimum absolute atomic E-state index is 0.135. The van der Waals surface area contributed by atoms with Gasteiger partial charge >= 0.3 is 0 Å². The highest BCUT2D eigenvalue weighted by Crippen LogP contribution is 2.21. The maximum atomic E-state index is 12.5. The number of amides is 1. The first-order chi connectivity index (χ1) is 10.8. The summed E-state index contributed by atoms with van der Waals surface area (Å²) in [5.74, 6) is 0.135. The van der Waals surface area contributed by atoms with E-state index in [1.165, 1.54) is 0 Å². The molecular weight excluding hydrogens is 300 g/mol. The predicted octanol–water partition coefficient (Wildman–Crippen LogP) is 1.39. The first-order valence-electron chi connectivity index (χ1n) is 7.32. The smallest absolute Gasteiger partial charge is 0.228 e. The van der Waals surface area contributed by atoms with E-state index >= 15 is 0 Å². The van der Waals surface area contributed by atoms with Crippen molar-refractivity contribution in [3.05, 3.63) is 36.1 Å². The molecule has 1 aliphatic heterocycles. The number of hydrogen-bond donors (Lipinski definition) is 0. The van der Waals surface area contributed by atoms with Gasteiger partial charge in [0.15, 0.2) is 4.96 Å². The number of imidazole rings is 1. The van der Waals surface area contributed by atoms with Crippen LogP contribution in [0.15, 0.2) is 30.4 Å². The van der Waals surface area contributed by atoms with Crippen LogP contribution in [-0.2, 0) is 11.2 Å². The van der Waals surface area contributed by atoms with Gasteiger partial charge in [0.25, 0.3) is 0 Å². The molecule has 1 fully saturated rings. The fourth-order valence-corrected chi connectivity index (χ4v) is 3.65. The van der Waals surface area contributed by atoms with Gasteiger partial charge in [0.1, 0.15) is 12.7 Å². The van der Waals surface area contributed by atoms with Gasteiger partial charge in [-0.15, -0.1) is 11.3 Å². The molecule has 0 aromatic carbocycles. The Hall–Kier alpha value is -2.22. The molecule has 0 bridgehead atoms. The highest BCUT2D eigenvalue weighted by Gasteiger charge is 2.25. The van der Waals surface area contributed by atoms with Crippen molar-refractivity contribution in [1.29, 1.82) is 0 Å².